The molecular weight excluding hydrogens is 348 g/mol. The minimum atomic E-state index is 0.107. The predicted octanol–water partition coefficient (Wildman–Crippen LogP) is 3.72. The second-order valence-electron chi connectivity index (χ2n) is 7.21. The zero-order chi connectivity index (χ0) is 19.5. The van der Waals surface area contributed by atoms with E-state index in [2.05, 4.69) is 21.8 Å². The van der Waals surface area contributed by atoms with E-state index in [1.807, 2.05) is 66.4 Å². The van der Waals surface area contributed by atoms with E-state index in [1.54, 1.807) is 6.33 Å². The lowest BCUT2D eigenvalue weighted by atomic mass is 10.1. The third kappa shape index (κ3) is 3.74. The van der Waals surface area contributed by atoms with Crippen LogP contribution in [0, 0.1) is 13.8 Å². The lowest BCUT2D eigenvalue weighted by molar-refractivity contribution is 0.0746. The van der Waals surface area contributed by atoms with Crippen molar-refractivity contribution < 1.29 is 4.79 Å². The molecule has 0 radical (unpaired) electrons. The van der Waals surface area contributed by atoms with Gasteiger partial charge < -0.3 is 9.80 Å². The lowest BCUT2D eigenvalue weighted by Crippen LogP contribution is -2.49. The van der Waals surface area contributed by atoms with Crippen molar-refractivity contribution in [2.45, 2.75) is 13.8 Å². The first-order valence-corrected chi connectivity index (χ1v) is 9.61. The number of piperazine rings is 1. The number of aryl methyl sites for hydroxylation is 2. The Bertz CT molecular complexity index is 979. The number of rotatable bonds is 3. The molecule has 5 nitrogen and oxygen atoms in total. The van der Waals surface area contributed by atoms with Gasteiger partial charge in [-0.2, -0.15) is 0 Å². The Morgan fingerprint density at radius 1 is 0.857 bits per heavy atom. The number of nitrogens with zero attached hydrogens (tertiary/aromatic N) is 4. The van der Waals surface area contributed by atoms with Gasteiger partial charge in [-0.3, -0.25) is 4.79 Å². The normalized spacial score (nSPS) is 14.2. The minimum Gasteiger partial charge on any atom is -0.353 e. The highest BCUT2D eigenvalue weighted by Crippen LogP contribution is 2.22. The van der Waals surface area contributed by atoms with E-state index in [0.29, 0.717) is 13.1 Å². The van der Waals surface area contributed by atoms with Gasteiger partial charge in [0, 0.05) is 43.4 Å². The monoisotopic (exact) mass is 372 g/mol. The zero-order valence-corrected chi connectivity index (χ0v) is 16.3. The standard InChI is InChI=1S/C23H24N4O/c1-17-8-9-20(14-18(17)2)23(28)27-12-10-26(11-13-27)22-15-21(24-16-25-22)19-6-4-3-5-7-19/h3-9,14-16H,10-13H2,1-2H3. The van der Waals surface area contributed by atoms with Crippen molar-refractivity contribution in [3.05, 3.63) is 77.6 Å². The van der Waals surface area contributed by atoms with Crippen LogP contribution in [0.1, 0.15) is 21.5 Å². The fourth-order valence-corrected chi connectivity index (χ4v) is 3.48. The quantitative estimate of drug-likeness (QED) is 0.703. The summed E-state index contributed by atoms with van der Waals surface area (Å²) in [5, 5.41) is 0. The van der Waals surface area contributed by atoms with Crippen molar-refractivity contribution in [2.24, 2.45) is 0 Å². The van der Waals surface area contributed by atoms with Gasteiger partial charge in [0.05, 0.1) is 5.69 Å². The van der Waals surface area contributed by atoms with Crippen LogP contribution in [0.3, 0.4) is 0 Å². The second kappa shape index (κ2) is 7.80. The number of aromatic nitrogens is 2. The molecule has 28 heavy (non-hydrogen) atoms. The molecule has 1 aliphatic rings. The van der Waals surface area contributed by atoms with E-state index in [0.717, 1.165) is 41.3 Å². The van der Waals surface area contributed by atoms with Gasteiger partial charge in [-0.15, -0.1) is 0 Å². The number of amides is 1. The molecule has 1 amide bonds. The molecule has 0 saturated carbocycles. The van der Waals surface area contributed by atoms with Crippen LogP contribution in [0.15, 0.2) is 60.9 Å². The lowest BCUT2D eigenvalue weighted by Gasteiger charge is -2.35. The highest BCUT2D eigenvalue weighted by Gasteiger charge is 2.23. The number of anilines is 1. The Hall–Kier alpha value is -3.21. The summed E-state index contributed by atoms with van der Waals surface area (Å²) in [5.74, 6) is 1.02. The van der Waals surface area contributed by atoms with Crippen LogP contribution in [0.25, 0.3) is 11.3 Å². The summed E-state index contributed by atoms with van der Waals surface area (Å²) in [7, 11) is 0. The molecule has 0 aliphatic carbocycles. The van der Waals surface area contributed by atoms with Gasteiger partial charge in [-0.05, 0) is 37.1 Å². The third-order valence-corrected chi connectivity index (χ3v) is 5.37. The second-order valence-corrected chi connectivity index (χ2v) is 7.21. The number of hydrogen-bond acceptors (Lipinski definition) is 4. The molecule has 1 fully saturated rings. The van der Waals surface area contributed by atoms with Crippen LogP contribution >= 0.6 is 0 Å². The molecule has 1 saturated heterocycles. The number of hydrogen-bond donors (Lipinski definition) is 0. The maximum atomic E-state index is 12.8. The van der Waals surface area contributed by atoms with E-state index in [1.165, 1.54) is 5.56 Å². The first-order chi connectivity index (χ1) is 13.6. The largest absolute Gasteiger partial charge is 0.353 e. The Morgan fingerprint density at radius 2 is 1.61 bits per heavy atom. The molecule has 1 aromatic heterocycles. The van der Waals surface area contributed by atoms with Crippen molar-refractivity contribution in [3.8, 4) is 11.3 Å². The molecule has 3 aromatic rings. The van der Waals surface area contributed by atoms with Crippen molar-refractivity contribution >= 4 is 11.7 Å². The maximum absolute atomic E-state index is 12.8. The van der Waals surface area contributed by atoms with Crippen LogP contribution in [0.4, 0.5) is 5.82 Å². The Kier molecular flexibility index (Phi) is 5.06. The van der Waals surface area contributed by atoms with Crippen LogP contribution < -0.4 is 4.90 Å². The topological polar surface area (TPSA) is 49.3 Å². The number of benzene rings is 2. The fourth-order valence-electron chi connectivity index (χ4n) is 3.48. The molecule has 0 bridgehead atoms. The van der Waals surface area contributed by atoms with E-state index in [-0.39, 0.29) is 5.91 Å². The summed E-state index contributed by atoms with van der Waals surface area (Å²) in [6.45, 7) is 7.02. The van der Waals surface area contributed by atoms with Crippen molar-refractivity contribution in [3.63, 3.8) is 0 Å². The molecule has 0 unspecified atom stereocenters. The number of carbonyl (C=O) groups excluding carboxylic acids is 1. The van der Waals surface area contributed by atoms with E-state index in [9.17, 15) is 4.79 Å². The van der Waals surface area contributed by atoms with Crippen molar-refractivity contribution in [1.82, 2.24) is 14.9 Å². The smallest absolute Gasteiger partial charge is 0.253 e. The van der Waals surface area contributed by atoms with Gasteiger partial charge in [0.15, 0.2) is 0 Å². The SMILES string of the molecule is Cc1ccc(C(=O)N2CCN(c3cc(-c4ccccc4)ncn3)CC2)cc1C. The first-order valence-electron chi connectivity index (χ1n) is 9.61. The molecule has 2 aromatic carbocycles. The van der Waals surface area contributed by atoms with Gasteiger partial charge in [0.1, 0.15) is 12.1 Å². The van der Waals surface area contributed by atoms with Crippen LogP contribution in [0.2, 0.25) is 0 Å². The Morgan fingerprint density at radius 3 is 2.32 bits per heavy atom. The molecule has 142 valence electrons. The van der Waals surface area contributed by atoms with Gasteiger partial charge in [0.25, 0.3) is 5.91 Å². The van der Waals surface area contributed by atoms with Gasteiger partial charge in [0.2, 0.25) is 0 Å². The molecule has 0 spiro atoms. The molecule has 0 atom stereocenters. The summed E-state index contributed by atoms with van der Waals surface area (Å²) < 4.78 is 0. The summed E-state index contributed by atoms with van der Waals surface area (Å²) in [4.78, 5) is 25.8. The predicted molar refractivity (Wildman–Crippen MR) is 112 cm³/mol. The van der Waals surface area contributed by atoms with Gasteiger partial charge in [-0.1, -0.05) is 36.4 Å². The average Bonchev–Trinajstić information content (AvgIpc) is 2.76. The summed E-state index contributed by atoms with van der Waals surface area (Å²) in [6.07, 6.45) is 1.62. The summed E-state index contributed by atoms with van der Waals surface area (Å²) >= 11 is 0. The van der Waals surface area contributed by atoms with Crippen LogP contribution in [-0.2, 0) is 0 Å². The molecule has 1 aliphatic heterocycles. The third-order valence-electron chi connectivity index (χ3n) is 5.37. The van der Waals surface area contributed by atoms with E-state index < -0.39 is 0 Å². The zero-order valence-electron chi connectivity index (χ0n) is 16.3. The van der Waals surface area contributed by atoms with Crippen LogP contribution in [-0.4, -0.2) is 47.0 Å². The van der Waals surface area contributed by atoms with E-state index >= 15 is 0 Å². The first kappa shape index (κ1) is 18.2. The highest BCUT2D eigenvalue weighted by molar-refractivity contribution is 5.94. The maximum Gasteiger partial charge on any atom is 0.253 e. The van der Waals surface area contributed by atoms with Crippen molar-refractivity contribution in [2.75, 3.05) is 31.1 Å². The van der Waals surface area contributed by atoms with Crippen molar-refractivity contribution in [1.29, 1.82) is 0 Å². The molecule has 4 rings (SSSR count). The van der Waals surface area contributed by atoms with Gasteiger partial charge in [-0.25, -0.2) is 9.97 Å². The Balaban J connectivity index is 1.44. The molecular formula is C23H24N4O. The molecule has 5 heteroatoms. The average molecular weight is 372 g/mol. The van der Waals surface area contributed by atoms with E-state index in [4.69, 9.17) is 0 Å². The summed E-state index contributed by atoms with van der Waals surface area (Å²) in [6, 6.07) is 18.1. The summed E-state index contributed by atoms with van der Waals surface area (Å²) in [5.41, 5.74) is 5.12. The van der Waals surface area contributed by atoms with Crippen LogP contribution in [0.5, 0.6) is 0 Å². The molecule has 2 heterocycles. The fraction of sp³-hybridized carbons (Fsp3) is 0.261. The Labute approximate surface area is 165 Å². The number of carbonyl (C=O) groups is 1. The molecule has 0 N–H and O–H groups in total. The van der Waals surface area contributed by atoms with Gasteiger partial charge >= 0.3 is 0 Å². The minimum absolute atomic E-state index is 0.107. The highest BCUT2D eigenvalue weighted by atomic mass is 16.2.